The van der Waals surface area contributed by atoms with E-state index < -0.39 is 6.16 Å². The Morgan fingerprint density at radius 2 is 1.15 bits per heavy atom. The summed E-state index contributed by atoms with van der Waals surface area (Å²) in [6.45, 7) is 5.47. The molecule has 0 saturated heterocycles. The summed E-state index contributed by atoms with van der Waals surface area (Å²) in [5, 5.41) is 0. The van der Waals surface area contributed by atoms with Crippen molar-refractivity contribution < 1.29 is 23.7 Å². The van der Waals surface area contributed by atoms with Crippen molar-refractivity contribution in [3.63, 3.8) is 0 Å². The van der Waals surface area contributed by atoms with E-state index in [1.54, 1.807) is 36.4 Å². The molecule has 0 radical (unpaired) electrons. The highest BCUT2D eigenvalue weighted by atomic mass is 16.7. The van der Waals surface area contributed by atoms with Gasteiger partial charge in [0, 0.05) is 12.1 Å². The molecule has 0 spiro atoms. The van der Waals surface area contributed by atoms with Gasteiger partial charge in [0.05, 0.1) is 13.2 Å². The van der Waals surface area contributed by atoms with Crippen LogP contribution in [-0.4, -0.2) is 19.4 Å². The molecule has 26 heavy (non-hydrogen) atoms. The zero-order chi connectivity index (χ0) is 18.6. The van der Waals surface area contributed by atoms with Crippen molar-refractivity contribution in [2.45, 2.75) is 39.5 Å². The van der Waals surface area contributed by atoms with Gasteiger partial charge in [-0.1, -0.05) is 38.8 Å². The van der Waals surface area contributed by atoms with Crippen molar-refractivity contribution >= 4 is 6.16 Å². The Morgan fingerprint density at radius 1 is 0.731 bits per heavy atom. The first kappa shape index (κ1) is 19.6. The summed E-state index contributed by atoms with van der Waals surface area (Å²) in [6, 6.07) is 13.9. The Kier molecular flexibility index (Phi) is 8.33. The van der Waals surface area contributed by atoms with Crippen LogP contribution in [0.5, 0.6) is 23.0 Å². The molecular weight excluding hydrogens is 332 g/mol. The topological polar surface area (TPSA) is 54.0 Å². The van der Waals surface area contributed by atoms with E-state index in [1.165, 1.54) is 0 Å². The lowest BCUT2D eigenvalue weighted by Crippen LogP contribution is -2.13. The van der Waals surface area contributed by atoms with Crippen molar-refractivity contribution in [3.8, 4) is 23.0 Å². The van der Waals surface area contributed by atoms with Crippen LogP contribution in [0.15, 0.2) is 48.5 Å². The lowest BCUT2D eigenvalue weighted by atomic mass is 10.3. The van der Waals surface area contributed by atoms with E-state index >= 15 is 0 Å². The van der Waals surface area contributed by atoms with Crippen molar-refractivity contribution in [3.05, 3.63) is 48.5 Å². The maximum absolute atomic E-state index is 12.0. The minimum Gasteiger partial charge on any atom is -0.493 e. The molecule has 0 aliphatic rings. The first-order valence-electron chi connectivity index (χ1n) is 9.06. The van der Waals surface area contributed by atoms with Gasteiger partial charge in [-0.15, -0.1) is 0 Å². The van der Waals surface area contributed by atoms with Crippen LogP contribution in [0.3, 0.4) is 0 Å². The van der Waals surface area contributed by atoms with Crippen LogP contribution >= 0.6 is 0 Å². The maximum atomic E-state index is 12.0. The average Bonchev–Trinajstić information content (AvgIpc) is 2.63. The van der Waals surface area contributed by atoms with Gasteiger partial charge in [0.25, 0.3) is 0 Å². The molecule has 0 aliphatic carbocycles. The Hall–Kier alpha value is -2.69. The molecule has 2 aromatic rings. The third-order valence-electron chi connectivity index (χ3n) is 3.55. The van der Waals surface area contributed by atoms with Gasteiger partial charge in [0.2, 0.25) is 0 Å². The van der Waals surface area contributed by atoms with Gasteiger partial charge < -0.3 is 18.9 Å². The number of carbonyl (C=O) groups is 1. The molecule has 0 amide bonds. The summed E-state index contributed by atoms with van der Waals surface area (Å²) in [7, 11) is 0. The number of hydrogen-bond donors (Lipinski definition) is 0. The van der Waals surface area contributed by atoms with E-state index in [4.69, 9.17) is 18.9 Å². The van der Waals surface area contributed by atoms with Gasteiger partial charge in [-0.2, -0.15) is 0 Å². The lowest BCUT2D eigenvalue weighted by Gasteiger charge is -2.09. The second kappa shape index (κ2) is 11.0. The normalized spacial score (nSPS) is 10.2. The van der Waals surface area contributed by atoms with Crippen LogP contribution in [0.1, 0.15) is 39.5 Å². The molecule has 0 unspecified atom stereocenters. The molecular formula is C21H26O5. The third-order valence-corrected chi connectivity index (χ3v) is 3.55. The molecule has 0 saturated carbocycles. The number of hydrogen-bond acceptors (Lipinski definition) is 5. The fourth-order valence-electron chi connectivity index (χ4n) is 2.14. The molecule has 0 aliphatic heterocycles. The van der Waals surface area contributed by atoms with E-state index in [9.17, 15) is 4.79 Å². The SMILES string of the molecule is CCCCOc1cccc(OC(=O)Oc2cccc(OCCCC)c2)c1. The van der Waals surface area contributed by atoms with E-state index in [2.05, 4.69) is 13.8 Å². The van der Waals surface area contributed by atoms with Crippen LogP contribution in [0, 0.1) is 0 Å². The summed E-state index contributed by atoms with van der Waals surface area (Å²) >= 11 is 0. The van der Waals surface area contributed by atoms with Gasteiger partial charge in [0.15, 0.2) is 0 Å². The first-order valence-corrected chi connectivity index (χ1v) is 9.06. The quantitative estimate of drug-likeness (QED) is 0.313. The standard InChI is InChI=1S/C21H26O5/c1-3-5-13-23-17-9-7-11-19(15-17)25-21(22)26-20-12-8-10-18(16-20)24-14-6-4-2/h7-12,15-16H,3-6,13-14H2,1-2H3. The molecule has 0 aromatic heterocycles. The Balaban J connectivity index is 1.88. The third kappa shape index (κ3) is 7.05. The van der Waals surface area contributed by atoms with Crippen LogP contribution in [-0.2, 0) is 0 Å². The zero-order valence-corrected chi connectivity index (χ0v) is 15.4. The summed E-state index contributed by atoms with van der Waals surface area (Å²) in [5.74, 6) is 2.07. The van der Waals surface area contributed by atoms with E-state index in [-0.39, 0.29) is 0 Å². The Bertz CT molecular complexity index is 626. The number of unbranched alkanes of at least 4 members (excludes halogenated alkanes) is 2. The van der Waals surface area contributed by atoms with Crippen LogP contribution in [0.4, 0.5) is 4.79 Å². The first-order chi connectivity index (χ1) is 12.7. The molecule has 0 heterocycles. The van der Waals surface area contributed by atoms with Gasteiger partial charge in [0.1, 0.15) is 23.0 Å². The molecule has 140 valence electrons. The molecule has 5 heteroatoms. The molecule has 0 bridgehead atoms. The van der Waals surface area contributed by atoms with Gasteiger partial charge in [-0.05, 0) is 37.1 Å². The van der Waals surface area contributed by atoms with Crippen LogP contribution < -0.4 is 18.9 Å². The minimum absolute atomic E-state index is 0.374. The number of ether oxygens (including phenoxy) is 4. The average molecular weight is 358 g/mol. The highest BCUT2D eigenvalue weighted by molar-refractivity contribution is 5.67. The fraction of sp³-hybridized carbons (Fsp3) is 0.381. The van der Waals surface area contributed by atoms with Crippen molar-refractivity contribution in [1.82, 2.24) is 0 Å². The molecule has 0 N–H and O–H groups in total. The largest absolute Gasteiger partial charge is 0.519 e. The van der Waals surface area contributed by atoms with Crippen LogP contribution in [0.25, 0.3) is 0 Å². The maximum Gasteiger partial charge on any atom is 0.519 e. The second-order valence-corrected chi connectivity index (χ2v) is 5.81. The Morgan fingerprint density at radius 3 is 1.58 bits per heavy atom. The van der Waals surface area contributed by atoms with E-state index in [1.807, 2.05) is 12.1 Å². The molecule has 0 atom stereocenters. The molecule has 5 nitrogen and oxygen atoms in total. The number of carbonyl (C=O) groups excluding carboxylic acids is 1. The van der Waals surface area contributed by atoms with Crippen molar-refractivity contribution in [1.29, 1.82) is 0 Å². The summed E-state index contributed by atoms with van der Waals surface area (Å²) in [5.41, 5.74) is 0. The highest BCUT2D eigenvalue weighted by Gasteiger charge is 2.09. The van der Waals surface area contributed by atoms with E-state index in [0.717, 1.165) is 25.7 Å². The van der Waals surface area contributed by atoms with Gasteiger partial charge in [-0.3, -0.25) is 0 Å². The fourth-order valence-corrected chi connectivity index (χ4v) is 2.14. The summed E-state index contributed by atoms with van der Waals surface area (Å²) in [6.07, 6.45) is 3.27. The molecule has 0 fully saturated rings. The summed E-state index contributed by atoms with van der Waals surface area (Å²) < 4.78 is 21.6. The van der Waals surface area contributed by atoms with Crippen molar-refractivity contribution in [2.75, 3.05) is 13.2 Å². The minimum atomic E-state index is -0.804. The molecule has 2 rings (SSSR count). The number of rotatable bonds is 10. The van der Waals surface area contributed by atoms with Gasteiger partial charge >= 0.3 is 6.16 Å². The molecule has 2 aromatic carbocycles. The summed E-state index contributed by atoms with van der Waals surface area (Å²) in [4.78, 5) is 12.0. The van der Waals surface area contributed by atoms with Crippen molar-refractivity contribution in [2.24, 2.45) is 0 Å². The zero-order valence-electron chi connectivity index (χ0n) is 15.4. The monoisotopic (exact) mass is 358 g/mol. The Labute approximate surface area is 154 Å². The van der Waals surface area contributed by atoms with Crippen LogP contribution in [0.2, 0.25) is 0 Å². The predicted molar refractivity (Wildman–Crippen MR) is 100 cm³/mol. The number of benzene rings is 2. The predicted octanol–water partition coefficient (Wildman–Crippen LogP) is 5.62. The van der Waals surface area contributed by atoms with Gasteiger partial charge in [-0.25, -0.2) is 4.79 Å². The highest BCUT2D eigenvalue weighted by Crippen LogP contribution is 2.22. The lowest BCUT2D eigenvalue weighted by molar-refractivity contribution is 0.151. The second-order valence-electron chi connectivity index (χ2n) is 5.81. The van der Waals surface area contributed by atoms with E-state index in [0.29, 0.717) is 36.2 Å². The smallest absolute Gasteiger partial charge is 0.493 e.